The van der Waals surface area contributed by atoms with Crippen molar-refractivity contribution in [2.24, 2.45) is 0 Å². The van der Waals surface area contributed by atoms with Gasteiger partial charge in [0.2, 0.25) is 0 Å². The number of imidazole rings is 1. The molecule has 0 aliphatic heterocycles. The zero-order chi connectivity index (χ0) is 9.26. The van der Waals surface area contributed by atoms with Crippen LogP contribution in [0.15, 0.2) is 24.5 Å². The summed E-state index contributed by atoms with van der Waals surface area (Å²) in [5.74, 6) is 0. The Kier molecular flexibility index (Phi) is 2.33. The molecule has 0 aliphatic rings. The number of fused-ring (bicyclic) bond motifs is 1. The van der Waals surface area contributed by atoms with Crippen LogP contribution in [0.2, 0.25) is 0 Å². The Balaban J connectivity index is 2.48. The lowest BCUT2D eigenvalue weighted by Crippen LogP contribution is -1.97. The number of benzene rings is 1. The predicted molar refractivity (Wildman–Crippen MR) is 54.8 cm³/mol. The molecule has 2 rings (SSSR count). The van der Waals surface area contributed by atoms with E-state index in [1.165, 1.54) is 0 Å². The average molecular weight is 241 g/mol. The van der Waals surface area contributed by atoms with Crippen LogP contribution in [0.5, 0.6) is 0 Å². The Morgan fingerprint density at radius 3 is 3.15 bits per heavy atom. The van der Waals surface area contributed by atoms with E-state index in [1.54, 1.807) is 6.33 Å². The van der Waals surface area contributed by atoms with Gasteiger partial charge in [-0.25, -0.2) is 4.98 Å². The molecule has 0 aliphatic carbocycles. The maximum Gasteiger partial charge on any atom is 0.0931 e. The Morgan fingerprint density at radius 2 is 2.38 bits per heavy atom. The van der Waals surface area contributed by atoms with Crippen molar-refractivity contribution >= 4 is 27.0 Å². The smallest absolute Gasteiger partial charge is 0.0931 e. The summed E-state index contributed by atoms with van der Waals surface area (Å²) in [7, 11) is 0. The maximum absolute atomic E-state index is 9.55. The van der Waals surface area contributed by atoms with E-state index in [2.05, 4.69) is 25.9 Å². The van der Waals surface area contributed by atoms with Gasteiger partial charge in [0.15, 0.2) is 0 Å². The number of hydrogen-bond donors (Lipinski definition) is 2. The van der Waals surface area contributed by atoms with Crippen molar-refractivity contribution in [3.05, 3.63) is 30.1 Å². The minimum absolute atomic E-state index is 0.451. The van der Waals surface area contributed by atoms with Crippen molar-refractivity contribution in [1.29, 1.82) is 0 Å². The topological polar surface area (TPSA) is 48.9 Å². The number of aliphatic hydroxyl groups excluding tert-OH is 1. The van der Waals surface area contributed by atoms with E-state index < -0.39 is 6.10 Å². The molecule has 0 saturated carbocycles. The van der Waals surface area contributed by atoms with E-state index in [-0.39, 0.29) is 0 Å². The van der Waals surface area contributed by atoms with E-state index >= 15 is 0 Å². The standard InChI is InChI=1S/C9H9BrN2O/c10-4-9(13)6-1-2-7-8(3-6)12-5-11-7/h1-3,5,9,13H,4H2,(H,11,12). The number of hydrogen-bond acceptors (Lipinski definition) is 2. The number of aromatic amines is 1. The normalized spacial score (nSPS) is 13.4. The number of rotatable bonds is 2. The molecule has 3 nitrogen and oxygen atoms in total. The third kappa shape index (κ3) is 1.59. The van der Waals surface area contributed by atoms with Crippen LogP contribution < -0.4 is 0 Å². The predicted octanol–water partition coefficient (Wildman–Crippen LogP) is 1.99. The van der Waals surface area contributed by atoms with Crippen molar-refractivity contribution in [2.75, 3.05) is 5.33 Å². The summed E-state index contributed by atoms with van der Waals surface area (Å²) in [4.78, 5) is 7.10. The first-order valence-corrected chi connectivity index (χ1v) is 5.10. The zero-order valence-corrected chi connectivity index (χ0v) is 8.45. The van der Waals surface area contributed by atoms with Gasteiger partial charge in [-0.3, -0.25) is 0 Å². The van der Waals surface area contributed by atoms with Gasteiger partial charge < -0.3 is 10.1 Å². The van der Waals surface area contributed by atoms with Crippen LogP contribution >= 0.6 is 15.9 Å². The number of nitrogens with one attached hydrogen (secondary N) is 1. The van der Waals surface area contributed by atoms with Crippen molar-refractivity contribution in [1.82, 2.24) is 9.97 Å². The molecule has 1 atom stereocenters. The van der Waals surface area contributed by atoms with E-state index in [1.807, 2.05) is 18.2 Å². The molecule has 2 N–H and O–H groups in total. The highest BCUT2D eigenvalue weighted by molar-refractivity contribution is 9.09. The lowest BCUT2D eigenvalue weighted by molar-refractivity contribution is 0.205. The Hall–Kier alpha value is -0.870. The van der Waals surface area contributed by atoms with Crippen molar-refractivity contribution in [2.45, 2.75) is 6.10 Å². The molecular weight excluding hydrogens is 232 g/mol. The van der Waals surface area contributed by atoms with Crippen LogP contribution in [0.4, 0.5) is 0 Å². The fourth-order valence-electron chi connectivity index (χ4n) is 1.25. The van der Waals surface area contributed by atoms with Crippen LogP contribution in [-0.2, 0) is 0 Å². The second kappa shape index (κ2) is 3.47. The molecule has 1 unspecified atom stereocenters. The molecule has 0 amide bonds. The summed E-state index contributed by atoms with van der Waals surface area (Å²) in [6, 6.07) is 5.69. The van der Waals surface area contributed by atoms with Crippen molar-refractivity contribution in [3.63, 3.8) is 0 Å². The monoisotopic (exact) mass is 240 g/mol. The summed E-state index contributed by atoms with van der Waals surface area (Å²) in [6.45, 7) is 0. The molecule has 0 spiro atoms. The molecular formula is C9H9BrN2O. The highest BCUT2D eigenvalue weighted by Crippen LogP contribution is 2.19. The van der Waals surface area contributed by atoms with Gasteiger partial charge in [0.1, 0.15) is 0 Å². The highest BCUT2D eigenvalue weighted by atomic mass is 79.9. The number of alkyl halides is 1. The Morgan fingerprint density at radius 1 is 1.54 bits per heavy atom. The van der Waals surface area contributed by atoms with E-state index in [9.17, 15) is 5.11 Å². The van der Waals surface area contributed by atoms with Crippen LogP contribution in [0.25, 0.3) is 11.0 Å². The summed E-state index contributed by atoms with van der Waals surface area (Å²) < 4.78 is 0. The van der Waals surface area contributed by atoms with Crippen LogP contribution in [0.3, 0.4) is 0 Å². The molecule has 0 saturated heterocycles. The second-order valence-corrected chi connectivity index (χ2v) is 3.50. The summed E-state index contributed by atoms with van der Waals surface area (Å²) in [6.07, 6.45) is 1.20. The minimum Gasteiger partial charge on any atom is -0.388 e. The van der Waals surface area contributed by atoms with Gasteiger partial charge in [-0.15, -0.1) is 0 Å². The largest absolute Gasteiger partial charge is 0.388 e. The van der Waals surface area contributed by atoms with E-state index in [0.717, 1.165) is 16.6 Å². The third-order valence-corrected chi connectivity index (χ3v) is 2.59. The molecule has 1 aromatic heterocycles. The first kappa shape index (κ1) is 8.72. The number of nitrogens with zero attached hydrogens (tertiary/aromatic N) is 1. The number of H-pyrrole nitrogens is 1. The summed E-state index contributed by atoms with van der Waals surface area (Å²) >= 11 is 3.23. The van der Waals surface area contributed by atoms with Gasteiger partial charge in [0, 0.05) is 5.33 Å². The van der Waals surface area contributed by atoms with Crippen LogP contribution in [0, 0.1) is 0 Å². The van der Waals surface area contributed by atoms with Gasteiger partial charge in [-0.05, 0) is 17.7 Å². The fourth-order valence-corrected chi connectivity index (χ4v) is 1.62. The maximum atomic E-state index is 9.55. The molecule has 0 bridgehead atoms. The van der Waals surface area contributed by atoms with Crippen molar-refractivity contribution in [3.8, 4) is 0 Å². The SMILES string of the molecule is OC(CBr)c1ccc2nc[nH]c2c1. The lowest BCUT2D eigenvalue weighted by atomic mass is 10.1. The van der Waals surface area contributed by atoms with Crippen LogP contribution in [0.1, 0.15) is 11.7 Å². The Labute approximate surface area is 83.9 Å². The Bertz CT molecular complexity index is 413. The van der Waals surface area contributed by atoms with E-state index in [4.69, 9.17) is 0 Å². The molecule has 13 heavy (non-hydrogen) atoms. The molecule has 68 valence electrons. The number of halogens is 1. The van der Waals surface area contributed by atoms with Crippen molar-refractivity contribution < 1.29 is 5.11 Å². The summed E-state index contributed by atoms with van der Waals surface area (Å²) in [5.41, 5.74) is 2.77. The quantitative estimate of drug-likeness (QED) is 0.790. The highest BCUT2D eigenvalue weighted by Gasteiger charge is 2.06. The molecule has 1 heterocycles. The van der Waals surface area contributed by atoms with Gasteiger partial charge in [0.25, 0.3) is 0 Å². The summed E-state index contributed by atoms with van der Waals surface area (Å²) in [5, 5.41) is 10.1. The first-order valence-electron chi connectivity index (χ1n) is 3.98. The van der Waals surface area contributed by atoms with E-state index in [0.29, 0.717) is 5.33 Å². The molecule has 0 radical (unpaired) electrons. The molecule has 2 aromatic rings. The number of aromatic nitrogens is 2. The van der Waals surface area contributed by atoms with Gasteiger partial charge in [0.05, 0.1) is 23.5 Å². The lowest BCUT2D eigenvalue weighted by Gasteiger charge is -2.05. The molecule has 0 fully saturated rings. The van der Waals surface area contributed by atoms with Gasteiger partial charge in [-0.2, -0.15) is 0 Å². The van der Waals surface area contributed by atoms with Gasteiger partial charge in [-0.1, -0.05) is 22.0 Å². The first-order chi connectivity index (χ1) is 6.31. The average Bonchev–Trinajstić information content (AvgIpc) is 2.63. The van der Waals surface area contributed by atoms with Gasteiger partial charge >= 0.3 is 0 Å². The zero-order valence-electron chi connectivity index (χ0n) is 6.87. The van der Waals surface area contributed by atoms with Crippen LogP contribution in [-0.4, -0.2) is 20.4 Å². The second-order valence-electron chi connectivity index (χ2n) is 2.85. The molecule has 4 heteroatoms. The fraction of sp³-hybridized carbons (Fsp3) is 0.222. The minimum atomic E-state index is -0.451. The third-order valence-electron chi connectivity index (χ3n) is 1.98. The molecule has 1 aromatic carbocycles. The number of aliphatic hydroxyl groups is 1.